The number of nitro groups is 1. The highest BCUT2D eigenvalue weighted by Gasteiger charge is 2.19. The molecule has 1 saturated heterocycles. The lowest BCUT2D eigenvalue weighted by molar-refractivity contribution is -0.384. The minimum Gasteiger partial charge on any atom is -0.324 e. The predicted molar refractivity (Wildman–Crippen MR) is 73.6 cm³/mol. The van der Waals surface area contributed by atoms with Crippen LogP contribution in [0.3, 0.4) is 0 Å². The zero-order valence-electron chi connectivity index (χ0n) is 10.7. The maximum absolute atomic E-state index is 11.8. The van der Waals surface area contributed by atoms with Crippen molar-refractivity contribution in [1.29, 1.82) is 0 Å². The fourth-order valence-electron chi connectivity index (χ4n) is 1.94. The Balaban J connectivity index is 1.97. The van der Waals surface area contributed by atoms with Gasteiger partial charge in [0.1, 0.15) is 0 Å². The SMILES string of the molecule is O=C(ONc1cc([N+](=O)[O-])ccc1Cl)N1CCCCC1. The Kier molecular flexibility index (Phi) is 4.62. The zero-order chi connectivity index (χ0) is 14.5. The minimum absolute atomic E-state index is 0.133. The second-order valence-electron chi connectivity index (χ2n) is 4.44. The van der Waals surface area contributed by atoms with E-state index in [1.54, 1.807) is 4.90 Å². The first kappa shape index (κ1) is 14.4. The van der Waals surface area contributed by atoms with Gasteiger partial charge in [0, 0.05) is 25.2 Å². The Morgan fingerprint density at radius 2 is 2.05 bits per heavy atom. The molecule has 8 heteroatoms. The van der Waals surface area contributed by atoms with E-state index in [0.717, 1.165) is 19.3 Å². The minimum atomic E-state index is -0.548. The number of likely N-dealkylation sites (tertiary alicyclic amines) is 1. The van der Waals surface area contributed by atoms with Crippen molar-refractivity contribution in [1.82, 2.24) is 4.90 Å². The van der Waals surface area contributed by atoms with Crippen LogP contribution in [0, 0.1) is 10.1 Å². The highest BCUT2D eigenvalue weighted by atomic mass is 35.5. The van der Waals surface area contributed by atoms with Crippen LogP contribution < -0.4 is 5.48 Å². The van der Waals surface area contributed by atoms with Crippen molar-refractivity contribution in [3.8, 4) is 0 Å². The average Bonchev–Trinajstić information content (AvgIpc) is 2.46. The van der Waals surface area contributed by atoms with Crippen molar-refractivity contribution >= 4 is 29.1 Å². The maximum Gasteiger partial charge on any atom is 0.434 e. The first-order chi connectivity index (χ1) is 9.58. The molecule has 1 amide bonds. The summed E-state index contributed by atoms with van der Waals surface area (Å²) in [6, 6.07) is 3.86. The average molecular weight is 300 g/mol. The lowest BCUT2D eigenvalue weighted by atomic mass is 10.1. The number of nitrogens with one attached hydrogen (secondary N) is 1. The van der Waals surface area contributed by atoms with Crippen molar-refractivity contribution in [2.24, 2.45) is 0 Å². The van der Waals surface area contributed by atoms with Gasteiger partial charge in [-0.1, -0.05) is 11.6 Å². The predicted octanol–water partition coefficient (Wildman–Crippen LogP) is 3.20. The number of rotatable bonds is 3. The van der Waals surface area contributed by atoms with Crippen molar-refractivity contribution in [2.75, 3.05) is 18.6 Å². The maximum atomic E-state index is 11.8. The highest BCUT2D eigenvalue weighted by molar-refractivity contribution is 6.33. The van der Waals surface area contributed by atoms with Gasteiger partial charge in [0.15, 0.2) is 0 Å². The van der Waals surface area contributed by atoms with Gasteiger partial charge in [0.2, 0.25) is 0 Å². The Morgan fingerprint density at radius 1 is 1.35 bits per heavy atom. The van der Waals surface area contributed by atoms with E-state index in [2.05, 4.69) is 5.48 Å². The van der Waals surface area contributed by atoms with Crippen molar-refractivity contribution in [3.63, 3.8) is 0 Å². The van der Waals surface area contributed by atoms with E-state index >= 15 is 0 Å². The summed E-state index contributed by atoms with van der Waals surface area (Å²) in [6.07, 6.45) is 2.50. The fourth-order valence-corrected chi connectivity index (χ4v) is 2.10. The molecular formula is C12H14ClN3O4. The molecule has 2 rings (SSSR count). The second kappa shape index (κ2) is 6.42. The molecule has 0 aliphatic carbocycles. The Labute approximate surface area is 120 Å². The Hall–Kier alpha value is -2.02. The molecule has 1 N–H and O–H groups in total. The number of nitrogens with zero attached hydrogens (tertiary/aromatic N) is 2. The highest BCUT2D eigenvalue weighted by Crippen LogP contribution is 2.26. The first-order valence-corrected chi connectivity index (χ1v) is 6.61. The number of benzene rings is 1. The summed E-state index contributed by atoms with van der Waals surface area (Å²) in [6.45, 7) is 1.31. The quantitative estimate of drug-likeness (QED) is 0.684. The molecule has 0 radical (unpaired) electrons. The van der Waals surface area contributed by atoms with Gasteiger partial charge in [0.25, 0.3) is 5.69 Å². The third-order valence-corrected chi connectivity index (χ3v) is 3.35. The normalized spacial score (nSPS) is 14.8. The molecule has 1 heterocycles. The third kappa shape index (κ3) is 3.51. The van der Waals surface area contributed by atoms with E-state index < -0.39 is 11.0 Å². The van der Waals surface area contributed by atoms with Gasteiger partial charge < -0.3 is 9.74 Å². The molecular weight excluding hydrogens is 286 g/mol. The van der Waals surface area contributed by atoms with E-state index in [9.17, 15) is 14.9 Å². The number of non-ortho nitro benzene ring substituents is 1. The number of carbonyl (C=O) groups is 1. The van der Waals surface area contributed by atoms with E-state index in [1.165, 1.54) is 18.2 Å². The van der Waals surface area contributed by atoms with Gasteiger partial charge in [-0.2, -0.15) is 0 Å². The molecule has 0 bridgehead atoms. The lowest BCUT2D eigenvalue weighted by Crippen LogP contribution is -2.37. The van der Waals surface area contributed by atoms with Crippen LogP contribution in [0.5, 0.6) is 0 Å². The van der Waals surface area contributed by atoms with E-state index in [1.807, 2.05) is 0 Å². The Morgan fingerprint density at radius 3 is 2.70 bits per heavy atom. The summed E-state index contributed by atoms with van der Waals surface area (Å²) in [5.41, 5.74) is 2.43. The van der Waals surface area contributed by atoms with Crippen LogP contribution in [0.25, 0.3) is 0 Å². The number of halogens is 1. The summed E-state index contributed by atoms with van der Waals surface area (Å²) < 4.78 is 0. The Bertz CT molecular complexity index is 517. The lowest BCUT2D eigenvalue weighted by Gasteiger charge is -2.25. The standard InChI is InChI=1S/C12H14ClN3O4/c13-10-5-4-9(16(18)19)8-11(10)14-20-12(17)15-6-2-1-3-7-15/h4-5,8,14H,1-3,6-7H2. The topological polar surface area (TPSA) is 84.7 Å². The summed E-state index contributed by atoms with van der Waals surface area (Å²) in [7, 11) is 0. The summed E-state index contributed by atoms with van der Waals surface area (Å²) in [5, 5.41) is 10.9. The summed E-state index contributed by atoms with van der Waals surface area (Å²) in [4.78, 5) is 28.4. The molecule has 108 valence electrons. The van der Waals surface area contributed by atoms with Gasteiger partial charge in [-0.15, -0.1) is 0 Å². The number of anilines is 1. The van der Waals surface area contributed by atoms with Crippen molar-refractivity contribution < 1.29 is 14.6 Å². The molecule has 0 unspecified atom stereocenters. The zero-order valence-corrected chi connectivity index (χ0v) is 11.4. The van der Waals surface area contributed by atoms with Gasteiger partial charge in [0.05, 0.1) is 15.6 Å². The number of amides is 1. The smallest absolute Gasteiger partial charge is 0.324 e. The molecule has 1 fully saturated rings. The summed E-state index contributed by atoms with van der Waals surface area (Å²) in [5.74, 6) is 0. The van der Waals surface area contributed by atoms with Gasteiger partial charge >= 0.3 is 6.09 Å². The van der Waals surface area contributed by atoms with Crippen LogP contribution in [-0.4, -0.2) is 29.0 Å². The molecule has 0 aromatic heterocycles. The molecule has 1 aromatic rings. The fraction of sp³-hybridized carbons (Fsp3) is 0.417. The van der Waals surface area contributed by atoms with Crippen molar-refractivity contribution in [3.05, 3.63) is 33.3 Å². The van der Waals surface area contributed by atoms with Gasteiger partial charge in [-0.3, -0.25) is 10.1 Å². The number of carbonyl (C=O) groups excluding carboxylic acids is 1. The molecule has 20 heavy (non-hydrogen) atoms. The van der Waals surface area contributed by atoms with Crippen LogP contribution >= 0.6 is 11.6 Å². The van der Waals surface area contributed by atoms with Gasteiger partial charge in [-0.05, 0) is 25.3 Å². The molecule has 0 atom stereocenters. The van der Waals surface area contributed by atoms with E-state index in [4.69, 9.17) is 16.4 Å². The number of piperidine rings is 1. The third-order valence-electron chi connectivity index (χ3n) is 3.02. The van der Waals surface area contributed by atoms with Crippen LogP contribution in [0.1, 0.15) is 19.3 Å². The summed E-state index contributed by atoms with van der Waals surface area (Å²) >= 11 is 5.88. The van der Waals surface area contributed by atoms with Crippen molar-refractivity contribution in [2.45, 2.75) is 19.3 Å². The molecule has 1 aliphatic rings. The first-order valence-electron chi connectivity index (χ1n) is 6.23. The monoisotopic (exact) mass is 299 g/mol. The second-order valence-corrected chi connectivity index (χ2v) is 4.85. The van der Waals surface area contributed by atoms with E-state index in [-0.39, 0.29) is 16.4 Å². The number of hydrogen-bond acceptors (Lipinski definition) is 5. The van der Waals surface area contributed by atoms with Crippen LogP contribution in [0.15, 0.2) is 18.2 Å². The van der Waals surface area contributed by atoms with Crippen LogP contribution in [0.2, 0.25) is 5.02 Å². The van der Waals surface area contributed by atoms with Crippen LogP contribution in [0.4, 0.5) is 16.2 Å². The molecule has 0 spiro atoms. The number of nitro benzene ring substituents is 1. The van der Waals surface area contributed by atoms with Crippen LogP contribution in [-0.2, 0) is 4.84 Å². The van der Waals surface area contributed by atoms with Gasteiger partial charge in [-0.25, -0.2) is 10.3 Å². The largest absolute Gasteiger partial charge is 0.434 e. The van der Waals surface area contributed by atoms with E-state index in [0.29, 0.717) is 13.1 Å². The molecule has 7 nitrogen and oxygen atoms in total. The molecule has 1 aromatic carbocycles. The number of hydrogen-bond donors (Lipinski definition) is 1. The molecule has 1 aliphatic heterocycles. The molecule has 0 saturated carbocycles.